The zero-order chi connectivity index (χ0) is 14.5. The number of amides is 2. The largest absolute Gasteiger partial charge is 0.381 e. The summed E-state index contributed by atoms with van der Waals surface area (Å²) in [4.78, 5) is 27.2. The average molecular weight is 280 g/mol. The van der Waals surface area contributed by atoms with Gasteiger partial charge in [0, 0.05) is 13.2 Å². The Bertz CT molecular complexity index is 429. The van der Waals surface area contributed by atoms with Crippen molar-refractivity contribution in [2.75, 3.05) is 7.11 Å². The van der Waals surface area contributed by atoms with Crippen molar-refractivity contribution in [3.05, 3.63) is 0 Å². The third kappa shape index (κ3) is 1.94. The summed E-state index contributed by atoms with van der Waals surface area (Å²) in [6.45, 7) is 3.87. The molecule has 2 saturated carbocycles. The molecule has 0 bridgehead atoms. The molecule has 0 radical (unpaired) electrons. The quantitative estimate of drug-likeness (QED) is 0.838. The standard InChI is InChI=1S/C15H24N2O3/c1-4-12-13(18)16-15(2,9-5-6-9)14(19)17(12)10-7-11(8-10)20-3/h9-12H,4-8H2,1-3H3,(H,16,18). The Morgan fingerprint density at radius 1 is 1.35 bits per heavy atom. The Hall–Kier alpha value is -1.10. The van der Waals surface area contributed by atoms with Gasteiger partial charge in [0.1, 0.15) is 11.6 Å². The van der Waals surface area contributed by atoms with Gasteiger partial charge in [0.15, 0.2) is 0 Å². The van der Waals surface area contributed by atoms with Crippen LogP contribution >= 0.6 is 0 Å². The maximum Gasteiger partial charge on any atom is 0.249 e. The molecular weight excluding hydrogens is 256 g/mol. The van der Waals surface area contributed by atoms with Gasteiger partial charge in [0.2, 0.25) is 11.8 Å². The minimum absolute atomic E-state index is 0.0161. The molecule has 1 heterocycles. The highest BCUT2D eigenvalue weighted by Gasteiger charge is 2.57. The fourth-order valence-electron chi connectivity index (χ4n) is 3.63. The van der Waals surface area contributed by atoms with Crippen molar-refractivity contribution in [3.8, 4) is 0 Å². The van der Waals surface area contributed by atoms with E-state index in [0.717, 1.165) is 25.7 Å². The van der Waals surface area contributed by atoms with Gasteiger partial charge >= 0.3 is 0 Å². The molecule has 5 heteroatoms. The first-order chi connectivity index (χ1) is 9.51. The first kappa shape index (κ1) is 13.9. The third-order valence-electron chi connectivity index (χ3n) is 5.28. The molecule has 3 fully saturated rings. The maximum atomic E-state index is 12.9. The lowest BCUT2D eigenvalue weighted by Crippen LogP contribution is -2.73. The number of carbonyl (C=O) groups is 2. The minimum atomic E-state index is -0.680. The number of nitrogens with one attached hydrogen (secondary N) is 1. The number of piperazine rings is 1. The lowest BCUT2D eigenvalue weighted by molar-refractivity contribution is -0.164. The molecule has 20 heavy (non-hydrogen) atoms. The molecular formula is C15H24N2O3. The highest BCUT2D eigenvalue weighted by atomic mass is 16.5. The van der Waals surface area contributed by atoms with Crippen LogP contribution in [0.25, 0.3) is 0 Å². The number of ether oxygens (including phenoxy) is 1. The van der Waals surface area contributed by atoms with E-state index in [1.807, 2.05) is 18.7 Å². The van der Waals surface area contributed by atoms with E-state index in [4.69, 9.17) is 4.74 Å². The van der Waals surface area contributed by atoms with Gasteiger partial charge in [-0.2, -0.15) is 0 Å². The smallest absolute Gasteiger partial charge is 0.249 e. The van der Waals surface area contributed by atoms with Crippen molar-refractivity contribution in [2.45, 2.75) is 69.7 Å². The molecule has 1 saturated heterocycles. The van der Waals surface area contributed by atoms with E-state index in [9.17, 15) is 9.59 Å². The summed E-state index contributed by atoms with van der Waals surface area (Å²) in [6.07, 6.45) is 4.70. The summed E-state index contributed by atoms with van der Waals surface area (Å²) in [7, 11) is 1.71. The van der Waals surface area contributed by atoms with Gasteiger partial charge in [0.05, 0.1) is 6.10 Å². The Balaban J connectivity index is 1.83. The normalized spacial score (nSPS) is 41.4. The number of nitrogens with zero attached hydrogens (tertiary/aromatic N) is 1. The van der Waals surface area contributed by atoms with Crippen molar-refractivity contribution < 1.29 is 14.3 Å². The molecule has 5 nitrogen and oxygen atoms in total. The molecule has 2 unspecified atom stereocenters. The van der Waals surface area contributed by atoms with Crippen molar-refractivity contribution in [1.82, 2.24) is 10.2 Å². The van der Waals surface area contributed by atoms with E-state index in [1.54, 1.807) is 7.11 Å². The Labute approximate surface area is 120 Å². The van der Waals surface area contributed by atoms with Crippen molar-refractivity contribution in [2.24, 2.45) is 5.92 Å². The van der Waals surface area contributed by atoms with E-state index in [1.165, 1.54) is 0 Å². The second kappa shape index (κ2) is 4.72. The zero-order valence-corrected chi connectivity index (χ0v) is 12.5. The van der Waals surface area contributed by atoms with Crippen LogP contribution in [0.4, 0.5) is 0 Å². The molecule has 2 aliphatic carbocycles. The third-order valence-corrected chi connectivity index (χ3v) is 5.28. The van der Waals surface area contributed by atoms with Gasteiger partial charge in [-0.05, 0) is 44.9 Å². The molecule has 2 amide bonds. The minimum Gasteiger partial charge on any atom is -0.381 e. The molecule has 112 valence electrons. The maximum absolute atomic E-state index is 12.9. The summed E-state index contributed by atoms with van der Waals surface area (Å²) in [6, 6.07) is -0.140. The van der Waals surface area contributed by atoms with E-state index in [2.05, 4.69) is 5.32 Å². The summed E-state index contributed by atoms with van der Waals surface area (Å²) in [5, 5.41) is 3.00. The van der Waals surface area contributed by atoms with Crippen LogP contribution in [0.1, 0.15) is 46.0 Å². The monoisotopic (exact) mass is 280 g/mol. The molecule has 0 spiro atoms. The average Bonchev–Trinajstić information content (AvgIpc) is 3.18. The van der Waals surface area contributed by atoms with Crippen LogP contribution in [-0.4, -0.2) is 47.6 Å². The van der Waals surface area contributed by atoms with Crippen LogP contribution in [-0.2, 0) is 14.3 Å². The first-order valence-corrected chi connectivity index (χ1v) is 7.68. The first-order valence-electron chi connectivity index (χ1n) is 7.68. The van der Waals surface area contributed by atoms with Crippen molar-refractivity contribution in [3.63, 3.8) is 0 Å². The number of hydrogen-bond donors (Lipinski definition) is 1. The van der Waals surface area contributed by atoms with E-state index < -0.39 is 5.54 Å². The van der Waals surface area contributed by atoms with Gasteiger partial charge in [0.25, 0.3) is 0 Å². The predicted octanol–water partition coefficient (Wildman–Crippen LogP) is 1.07. The Morgan fingerprint density at radius 2 is 2.00 bits per heavy atom. The summed E-state index contributed by atoms with van der Waals surface area (Å²) in [5.74, 6) is 0.450. The predicted molar refractivity (Wildman–Crippen MR) is 74.0 cm³/mol. The molecule has 0 aromatic heterocycles. The van der Waals surface area contributed by atoms with Crippen LogP contribution in [0.15, 0.2) is 0 Å². The van der Waals surface area contributed by atoms with Crippen LogP contribution in [0.2, 0.25) is 0 Å². The molecule has 1 aliphatic heterocycles. The molecule has 3 rings (SSSR count). The summed E-state index contributed by atoms with van der Waals surface area (Å²) < 4.78 is 5.31. The number of carbonyl (C=O) groups excluding carboxylic acids is 2. The number of hydrogen-bond acceptors (Lipinski definition) is 3. The van der Waals surface area contributed by atoms with Crippen LogP contribution in [0, 0.1) is 5.92 Å². The van der Waals surface area contributed by atoms with Crippen molar-refractivity contribution >= 4 is 11.8 Å². The molecule has 0 aromatic rings. The molecule has 0 aromatic carbocycles. The van der Waals surface area contributed by atoms with Gasteiger partial charge in [-0.15, -0.1) is 0 Å². The lowest BCUT2D eigenvalue weighted by Gasteiger charge is -2.51. The molecule has 2 atom stereocenters. The second-order valence-corrected chi connectivity index (χ2v) is 6.59. The van der Waals surface area contributed by atoms with E-state index >= 15 is 0 Å². The SMILES string of the molecule is CCC1C(=O)NC(C)(C2CC2)C(=O)N1C1CC(OC)C1. The topological polar surface area (TPSA) is 58.6 Å². The summed E-state index contributed by atoms with van der Waals surface area (Å²) >= 11 is 0. The van der Waals surface area contributed by atoms with Crippen LogP contribution < -0.4 is 5.32 Å². The lowest BCUT2D eigenvalue weighted by atomic mass is 9.81. The van der Waals surface area contributed by atoms with E-state index in [-0.39, 0.29) is 30.0 Å². The fourth-order valence-corrected chi connectivity index (χ4v) is 3.63. The number of rotatable bonds is 4. The Morgan fingerprint density at radius 3 is 2.50 bits per heavy atom. The van der Waals surface area contributed by atoms with Crippen LogP contribution in [0.3, 0.4) is 0 Å². The summed E-state index contributed by atoms with van der Waals surface area (Å²) in [5.41, 5.74) is -0.680. The highest BCUT2D eigenvalue weighted by Crippen LogP contribution is 2.44. The van der Waals surface area contributed by atoms with E-state index in [0.29, 0.717) is 12.3 Å². The highest BCUT2D eigenvalue weighted by molar-refractivity contribution is 6.00. The van der Waals surface area contributed by atoms with Gasteiger partial charge in [-0.1, -0.05) is 6.92 Å². The van der Waals surface area contributed by atoms with Crippen LogP contribution in [0.5, 0.6) is 0 Å². The van der Waals surface area contributed by atoms with Crippen molar-refractivity contribution in [1.29, 1.82) is 0 Å². The Kier molecular flexibility index (Phi) is 3.27. The zero-order valence-electron chi connectivity index (χ0n) is 12.5. The molecule has 1 N–H and O–H groups in total. The van der Waals surface area contributed by atoms with Gasteiger partial charge < -0.3 is 15.0 Å². The van der Waals surface area contributed by atoms with Gasteiger partial charge in [-0.25, -0.2) is 0 Å². The fraction of sp³-hybridized carbons (Fsp3) is 0.867. The number of methoxy groups -OCH3 is 1. The van der Waals surface area contributed by atoms with Gasteiger partial charge in [-0.3, -0.25) is 9.59 Å². The second-order valence-electron chi connectivity index (χ2n) is 6.59. The molecule has 3 aliphatic rings.